The monoisotopic (exact) mass is 356 g/mol. The lowest BCUT2D eigenvalue weighted by Gasteiger charge is -2.58. The Morgan fingerprint density at radius 3 is 2.65 bits per heavy atom. The van der Waals surface area contributed by atoms with Gasteiger partial charge in [-0.25, -0.2) is 0 Å². The molecule has 3 saturated carbocycles. The second kappa shape index (κ2) is 7.46. The summed E-state index contributed by atoms with van der Waals surface area (Å²) >= 11 is 0. The van der Waals surface area contributed by atoms with Gasteiger partial charge in [-0.05, 0) is 74.7 Å². The Hall–Kier alpha value is -1.15. The molecule has 0 radical (unpaired) electrons. The zero-order valence-electron chi connectivity index (χ0n) is 16.9. The summed E-state index contributed by atoms with van der Waals surface area (Å²) in [4.78, 5) is 11.2. The van der Waals surface area contributed by atoms with Gasteiger partial charge in [0.1, 0.15) is 6.29 Å². The van der Waals surface area contributed by atoms with Crippen molar-refractivity contribution >= 4 is 6.29 Å². The molecule has 0 aliphatic heterocycles. The highest BCUT2D eigenvalue weighted by Gasteiger charge is 2.60. The van der Waals surface area contributed by atoms with Crippen LogP contribution in [-0.4, -0.2) is 17.5 Å². The average molecular weight is 357 g/mol. The number of hydrogen-bond donors (Lipinski definition) is 1. The highest BCUT2D eigenvalue weighted by Crippen LogP contribution is 2.65. The van der Waals surface area contributed by atoms with Crippen LogP contribution in [0.4, 0.5) is 0 Å². The van der Waals surface area contributed by atoms with E-state index in [1.165, 1.54) is 18.4 Å². The van der Waals surface area contributed by atoms with Crippen LogP contribution < -0.4 is 0 Å². The standard InChI is InChI=1S/C24H36O2/c1-5-7-8-17-10-12-20-19-11-9-18(13-15-25)23(3,14-6-2)22(19)21(26)16-24(17,20)4/h6-8,13-15,17,19-22,26H,5,9-12,16H2,1-4H3/b8-7?,14-6-,18-13-. The molecular formula is C24H36O2. The van der Waals surface area contributed by atoms with Crippen molar-refractivity contribution in [2.75, 3.05) is 0 Å². The first-order valence-corrected chi connectivity index (χ1v) is 10.6. The number of hydrogen-bond acceptors (Lipinski definition) is 2. The molecule has 3 fully saturated rings. The zero-order valence-corrected chi connectivity index (χ0v) is 16.9. The number of rotatable bonds is 4. The summed E-state index contributed by atoms with van der Waals surface area (Å²) in [6.07, 6.45) is 18.1. The van der Waals surface area contributed by atoms with Gasteiger partial charge in [-0.1, -0.05) is 50.6 Å². The summed E-state index contributed by atoms with van der Waals surface area (Å²) in [6.45, 7) is 8.92. The van der Waals surface area contributed by atoms with Gasteiger partial charge in [-0.15, -0.1) is 0 Å². The lowest BCUT2D eigenvalue weighted by Crippen LogP contribution is -2.55. The molecule has 2 heteroatoms. The fourth-order valence-electron chi connectivity index (χ4n) is 6.97. The molecule has 7 atom stereocenters. The van der Waals surface area contributed by atoms with Crippen LogP contribution >= 0.6 is 0 Å². The number of carbonyl (C=O) groups excluding carboxylic acids is 1. The van der Waals surface area contributed by atoms with Crippen molar-refractivity contribution < 1.29 is 9.90 Å². The van der Waals surface area contributed by atoms with Crippen LogP contribution in [0.2, 0.25) is 0 Å². The molecule has 0 spiro atoms. The first-order valence-electron chi connectivity index (χ1n) is 10.6. The maximum Gasteiger partial charge on any atom is 0.142 e. The van der Waals surface area contributed by atoms with Gasteiger partial charge >= 0.3 is 0 Å². The number of aliphatic hydroxyl groups excluding tert-OH is 1. The molecule has 3 aliphatic rings. The lowest BCUT2D eigenvalue weighted by atomic mass is 9.47. The first-order chi connectivity index (χ1) is 12.4. The Morgan fingerprint density at radius 1 is 1.23 bits per heavy atom. The first kappa shape index (κ1) is 19.6. The number of fused-ring (bicyclic) bond motifs is 3. The van der Waals surface area contributed by atoms with Crippen molar-refractivity contribution in [3.8, 4) is 0 Å². The van der Waals surface area contributed by atoms with Gasteiger partial charge in [0.05, 0.1) is 6.10 Å². The van der Waals surface area contributed by atoms with Crippen molar-refractivity contribution in [3.05, 3.63) is 36.0 Å². The van der Waals surface area contributed by atoms with E-state index < -0.39 is 0 Å². The fourth-order valence-corrected chi connectivity index (χ4v) is 6.97. The molecule has 0 aromatic heterocycles. The smallest absolute Gasteiger partial charge is 0.142 e. The van der Waals surface area contributed by atoms with Gasteiger partial charge in [0.2, 0.25) is 0 Å². The molecule has 0 bridgehead atoms. The molecule has 1 N–H and O–H groups in total. The highest BCUT2D eigenvalue weighted by molar-refractivity contribution is 5.67. The van der Waals surface area contributed by atoms with Gasteiger partial charge in [0, 0.05) is 11.3 Å². The van der Waals surface area contributed by atoms with E-state index in [1.54, 1.807) is 6.08 Å². The molecule has 3 rings (SSSR count). The summed E-state index contributed by atoms with van der Waals surface area (Å²) in [5.74, 6) is 2.06. The molecular weight excluding hydrogens is 320 g/mol. The molecule has 0 aromatic carbocycles. The van der Waals surface area contributed by atoms with Gasteiger partial charge in [-0.2, -0.15) is 0 Å². The number of allylic oxidation sites excluding steroid dienone is 6. The predicted octanol–water partition coefficient (Wildman–Crippen LogP) is 5.48. The molecule has 26 heavy (non-hydrogen) atoms. The second-order valence-electron chi connectivity index (χ2n) is 9.24. The Labute approximate surface area is 159 Å². The van der Waals surface area contributed by atoms with Crippen LogP contribution in [0, 0.1) is 34.5 Å². The topological polar surface area (TPSA) is 37.3 Å². The van der Waals surface area contributed by atoms with E-state index in [2.05, 4.69) is 45.1 Å². The predicted molar refractivity (Wildman–Crippen MR) is 108 cm³/mol. The van der Waals surface area contributed by atoms with Crippen molar-refractivity contribution in [3.63, 3.8) is 0 Å². The minimum Gasteiger partial charge on any atom is -0.393 e. The van der Waals surface area contributed by atoms with E-state index in [-0.39, 0.29) is 22.9 Å². The van der Waals surface area contributed by atoms with Crippen LogP contribution in [0.1, 0.15) is 66.2 Å². The van der Waals surface area contributed by atoms with E-state index in [1.807, 2.05) is 6.92 Å². The lowest BCUT2D eigenvalue weighted by molar-refractivity contribution is -0.111. The largest absolute Gasteiger partial charge is 0.393 e. The Kier molecular flexibility index (Phi) is 5.63. The van der Waals surface area contributed by atoms with E-state index in [9.17, 15) is 9.90 Å². The molecule has 2 nitrogen and oxygen atoms in total. The van der Waals surface area contributed by atoms with Crippen LogP contribution in [0.5, 0.6) is 0 Å². The van der Waals surface area contributed by atoms with E-state index >= 15 is 0 Å². The quantitative estimate of drug-likeness (QED) is 0.411. The van der Waals surface area contributed by atoms with Gasteiger partial charge in [0.25, 0.3) is 0 Å². The van der Waals surface area contributed by atoms with Crippen molar-refractivity contribution in [2.24, 2.45) is 34.5 Å². The van der Waals surface area contributed by atoms with Crippen molar-refractivity contribution in [1.29, 1.82) is 0 Å². The number of aliphatic hydroxyl groups is 1. The Balaban J connectivity index is 1.99. The highest BCUT2D eigenvalue weighted by atomic mass is 16.3. The fraction of sp³-hybridized carbons (Fsp3) is 0.708. The van der Waals surface area contributed by atoms with E-state index in [0.29, 0.717) is 17.8 Å². The number of aldehydes is 1. The van der Waals surface area contributed by atoms with Crippen molar-refractivity contribution in [1.82, 2.24) is 0 Å². The summed E-state index contributed by atoms with van der Waals surface area (Å²) in [5, 5.41) is 11.3. The van der Waals surface area contributed by atoms with Crippen LogP contribution in [0.3, 0.4) is 0 Å². The van der Waals surface area contributed by atoms with Crippen molar-refractivity contribution in [2.45, 2.75) is 72.3 Å². The van der Waals surface area contributed by atoms with Crippen LogP contribution in [0.15, 0.2) is 36.0 Å². The molecule has 0 saturated heterocycles. The third kappa shape index (κ3) is 2.95. The summed E-state index contributed by atoms with van der Waals surface area (Å²) in [6, 6.07) is 0. The third-order valence-corrected chi connectivity index (χ3v) is 8.04. The van der Waals surface area contributed by atoms with E-state index in [0.717, 1.165) is 32.0 Å². The Bertz CT molecular complexity index is 616. The molecule has 0 amide bonds. The van der Waals surface area contributed by atoms with Gasteiger partial charge in [0.15, 0.2) is 0 Å². The number of carbonyl (C=O) groups is 1. The molecule has 0 aromatic rings. The summed E-state index contributed by atoms with van der Waals surface area (Å²) in [5.41, 5.74) is 1.22. The minimum absolute atomic E-state index is 0.198. The zero-order chi connectivity index (χ0) is 18.9. The normalized spacial score (nSPS) is 47.4. The van der Waals surface area contributed by atoms with E-state index in [4.69, 9.17) is 0 Å². The second-order valence-corrected chi connectivity index (χ2v) is 9.24. The Morgan fingerprint density at radius 2 is 2.00 bits per heavy atom. The maximum absolute atomic E-state index is 11.3. The third-order valence-electron chi connectivity index (χ3n) is 8.04. The molecule has 144 valence electrons. The van der Waals surface area contributed by atoms with Crippen LogP contribution in [0.25, 0.3) is 0 Å². The SMILES string of the molecule is C/C=C\C1(C)/C(=C\C=O)CCC2C1C(O)CC1(C)C(C=CCC)CCC21. The van der Waals surface area contributed by atoms with Gasteiger partial charge in [-0.3, -0.25) is 4.79 Å². The molecule has 7 unspecified atom stereocenters. The van der Waals surface area contributed by atoms with Crippen LogP contribution in [-0.2, 0) is 4.79 Å². The summed E-state index contributed by atoms with van der Waals surface area (Å²) in [7, 11) is 0. The summed E-state index contributed by atoms with van der Waals surface area (Å²) < 4.78 is 0. The minimum atomic E-state index is -0.298. The molecule has 0 heterocycles. The average Bonchev–Trinajstić information content (AvgIpc) is 2.91. The molecule has 3 aliphatic carbocycles. The van der Waals surface area contributed by atoms with Gasteiger partial charge < -0.3 is 5.11 Å². The maximum atomic E-state index is 11.3.